The van der Waals surface area contributed by atoms with Gasteiger partial charge in [0.2, 0.25) is 0 Å². The molecule has 2 aromatic carbocycles. The zero-order valence-corrected chi connectivity index (χ0v) is 24.0. The maximum absolute atomic E-state index is 13.8. The standard InChI is InChI=1S/C33H38FN3O5/c1-40-32-16-25(8-9-31(32)42-21-22-2-4-23(5-3-22)24-6-7-24)26-18-37(19-26)33(39)29-17-27(10-12-35-29)41-15-14-36-13-11-30(38)28(34)20-36/h2-5,8-10,12,16-17,24,26,28,30,38H,6-7,11,13-15,18-21H2,1H3/t28-,30+/m0/s1. The van der Waals surface area contributed by atoms with Crippen molar-refractivity contribution in [3.05, 3.63) is 83.2 Å². The number of pyridine rings is 1. The molecule has 9 heteroatoms. The summed E-state index contributed by atoms with van der Waals surface area (Å²) >= 11 is 0. The second kappa shape index (κ2) is 12.7. The number of aromatic nitrogens is 1. The maximum Gasteiger partial charge on any atom is 0.272 e. The number of benzene rings is 2. The average Bonchev–Trinajstić information content (AvgIpc) is 3.84. The molecular weight excluding hydrogens is 537 g/mol. The molecule has 1 N–H and O–H groups in total. The largest absolute Gasteiger partial charge is 0.493 e. The normalized spacial score (nSPS) is 21.1. The summed E-state index contributed by atoms with van der Waals surface area (Å²) in [7, 11) is 1.64. The van der Waals surface area contributed by atoms with Gasteiger partial charge in [-0.25, -0.2) is 4.39 Å². The van der Waals surface area contributed by atoms with Gasteiger partial charge in [-0.05, 0) is 60.1 Å². The molecule has 42 heavy (non-hydrogen) atoms. The molecule has 1 aromatic heterocycles. The summed E-state index contributed by atoms with van der Waals surface area (Å²) in [5, 5.41) is 9.56. The highest BCUT2D eigenvalue weighted by Gasteiger charge is 2.33. The van der Waals surface area contributed by atoms with Crippen molar-refractivity contribution in [2.75, 3.05) is 46.4 Å². The van der Waals surface area contributed by atoms with Crippen molar-refractivity contribution in [1.29, 1.82) is 0 Å². The highest BCUT2D eigenvalue weighted by molar-refractivity contribution is 5.93. The van der Waals surface area contributed by atoms with E-state index in [1.165, 1.54) is 18.4 Å². The highest BCUT2D eigenvalue weighted by atomic mass is 19.1. The Morgan fingerprint density at radius 3 is 2.48 bits per heavy atom. The first kappa shape index (κ1) is 28.4. The van der Waals surface area contributed by atoms with E-state index in [1.54, 1.807) is 30.3 Å². The van der Waals surface area contributed by atoms with E-state index in [1.807, 2.05) is 23.1 Å². The molecule has 3 fully saturated rings. The van der Waals surface area contributed by atoms with E-state index in [0.29, 0.717) is 68.8 Å². The minimum absolute atomic E-state index is 0.137. The third-order valence-corrected chi connectivity index (χ3v) is 8.47. The smallest absolute Gasteiger partial charge is 0.272 e. The quantitative estimate of drug-likeness (QED) is 0.359. The molecule has 1 saturated carbocycles. The minimum Gasteiger partial charge on any atom is -0.493 e. The van der Waals surface area contributed by atoms with Crippen LogP contribution in [-0.4, -0.2) is 84.5 Å². The molecule has 0 radical (unpaired) electrons. The molecule has 3 aromatic rings. The lowest BCUT2D eigenvalue weighted by Crippen LogP contribution is -2.48. The molecule has 0 unspecified atom stereocenters. The van der Waals surface area contributed by atoms with E-state index in [-0.39, 0.29) is 18.4 Å². The number of carbonyl (C=O) groups is 1. The van der Waals surface area contributed by atoms with Crippen molar-refractivity contribution in [1.82, 2.24) is 14.8 Å². The van der Waals surface area contributed by atoms with E-state index in [2.05, 4.69) is 29.2 Å². The van der Waals surface area contributed by atoms with Crippen LogP contribution in [0.5, 0.6) is 17.2 Å². The molecule has 2 aliphatic heterocycles. The summed E-state index contributed by atoms with van der Waals surface area (Å²) in [6.45, 7) is 3.41. The number of aliphatic hydroxyl groups excluding tert-OH is 1. The number of hydrogen-bond donors (Lipinski definition) is 1. The van der Waals surface area contributed by atoms with Crippen LogP contribution in [-0.2, 0) is 6.61 Å². The number of carbonyl (C=O) groups excluding carboxylic acids is 1. The van der Waals surface area contributed by atoms with Gasteiger partial charge in [0.1, 0.15) is 30.8 Å². The van der Waals surface area contributed by atoms with Gasteiger partial charge in [0.15, 0.2) is 11.5 Å². The summed E-state index contributed by atoms with van der Waals surface area (Å²) < 4.78 is 31.3. The van der Waals surface area contributed by atoms with Gasteiger partial charge in [-0.1, -0.05) is 30.3 Å². The Hall–Kier alpha value is -3.69. The third-order valence-electron chi connectivity index (χ3n) is 8.47. The number of nitrogens with zero attached hydrogens (tertiary/aromatic N) is 3. The average molecular weight is 576 g/mol. The minimum atomic E-state index is -1.23. The van der Waals surface area contributed by atoms with E-state index in [4.69, 9.17) is 14.2 Å². The first-order chi connectivity index (χ1) is 20.5. The number of halogens is 1. The van der Waals surface area contributed by atoms with Gasteiger partial charge < -0.3 is 24.2 Å². The zero-order valence-electron chi connectivity index (χ0n) is 24.0. The zero-order chi connectivity index (χ0) is 29.1. The topological polar surface area (TPSA) is 84.4 Å². The van der Waals surface area contributed by atoms with Crippen LogP contribution in [0.3, 0.4) is 0 Å². The van der Waals surface area contributed by atoms with Gasteiger partial charge in [0, 0.05) is 50.9 Å². The molecule has 6 rings (SSSR count). The number of likely N-dealkylation sites (tertiary alicyclic amines) is 2. The first-order valence-electron chi connectivity index (χ1n) is 14.8. The molecule has 1 amide bonds. The number of amides is 1. The molecule has 0 bridgehead atoms. The summed E-state index contributed by atoms with van der Waals surface area (Å²) in [6.07, 6.45) is 2.48. The Morgan fingerprint density at radius 1 is 0.952 bits per heavy atom. The number of ether oxygens (including phenoxy) is 3. The van der Waals surface area contributed by atoms with Gasteiger partial charge >= 0.3 is 0 Å². The number of methoxy groups -OCH3 is 1. The molecule has 1 aliphatic carbocycles. The first-order valence-corrected chi connectivity index (χ1v) is 14.8. The van der Waals surface area contributed by atoms with Crippen molar-refractivity contribution < 1.29 is 28.5 Å². The molecule has 2 atom stereocenters. The third kappa shape index (κ3) is 6.68. The summed E-state index contributed by atoms with van der Waals surface area (Å²) in [5.41, 5.74) is 3.97. The Morgan fingerprint density at radius 2 is 1.74 bits per heavy atom. The molecular formula is C33H38FN3O5. The maximum atomic E-state index is 13.8. The SMILES string of the molecule is COc1cc(C2CN(C(=O)c3cc(OCCN4CC[C@@H](O)[C@@H](F)C4)ccn3)C2)ccc1OCc1ccc(C2CC2)cc1. The van der Waals surface area contributed by atoms with Gasteiger partial charge in [-0.15, -0.1) is 0 Å². The summed E-state index contributed by atoms with van der Waals surface area (Å²) in [6, 6.07) is 18.0. The van der Waals surface area contributed by atoms with Crippen LogP contribution in [0.15, 0.2) is 60.8 Å². The lowest BCUT2D eigenvalue weighted by atomic mass is 9.91. The Balaban J connectivity index is 0.983. The van der Waals surface area contributed by atoms with Crippen LogP contribution in [0.4, 0.5) is 4.39 Å². The molecule has 2 saturated heterocycles. The molecule has 3 heterocycles. The number of rotatable bonds is 11. The van der Waals surface area contributed by atoms with Gasteiger partial charge in [-0.2, -0.15) is 0 Å². The van der Waals surface area contributed by atoms with Crippen molar-refractivity contribution in [2.24, 2.45) is 0 Å². The van der Waals surface area contributed by atoms with Crippen molar-refractivity contribution in [3.8, 4) is 17.2 Å². The summed E-state index contributed by atoms with van der Waals surface area (Å²) in [5.74, 6) is 2.74. The molecule has 8 nitrogen and oxygen atoms in total. The lowest BCUT2D eigenvalue weighted by Gasteiger charge is -2.39. The Kier molecular flexibility index (Phi) is 8.58. The van der Waals surface area contributed by atoms with Crippen molar-refractivity contribution in [3.63, 3.8) is 0 Å². The molecule has 222 valence electrons. The van der Waals surface area contributed by atoms with Crippen molar-refractivity contribution >= 4 is 5.91 Å². The van der Waals surface area contributed by atoms with Crippen LogP contribution in [0.1, 0.15) is 58.3 Å². The Bertz CT molecular complexity index is 1380. The molecule has 0 spiro atoms. The molecule has 3 aliphatic rings. The predicted octanol–water partition coefficient (Wildman–Crippen LogP) is 4.57. The van der Waals surface area contributed by atoms with Crippen LogP contribution in [0.2, 0.25) is 0 Å². The van der Waals surface area contributed by atoms with Crippen LogP contribution in [0, 0.1) is 0 Å². The van der Waals surface area contributed by atoms with E-state index in [9.17, 15) is 14.3 Å². The number of piperidine rings is 1. The van der Waals surface area contributed by atoms with Crippen LogP contribution < -0.4 is 14.2 Å². The van der Waals surface area contributed by atoms with Crippen LogP contribution in [0.25, 0.3) is 0 Å². The van der Waals surface area contributed by atoms with E-state index >= 15 is 0 Å². The fraction of sp³-hybridized carbons (Fsp3) is 0.455. The predicted molar refractivity (Wildman–Crippen MR) is 156 cm³/mol. The monoisotopic (exact) mass is 575 g/mol. The second-order valence-electron chi connectivity index (χ2n) is 11.5. The van der Waals surface area contributed by atoms with Gasteiger partial charge in [0.25, 0.3) is 5.91 Å². The van der Waals surface area contributed by atoms with Gasteiger partial charge in [-0.3, -0.25) is 14.7 Å². The van der Waals surface area contributed by atoms with E-state index < -0.39 is 12.3 Å². The summed E-state index contributed by atoms with van der Waals surface area (Å²) in [4.78, 5) is 21.1. The lowest BCUT2D eigenvalue weighted by molar-refractivity contribution is 0.00323. The fourth-order valence-corrected chi connectivity index (χ4v) is 5.61. The van der Waals surface area contributed by atoms with Crippen LogP contribution >= 0.6 is 0 Å². The fourth-order valence-electron chi connectivity index (χ4n) is 5.61. The second-order valence-corrected chi connectivity index (χ2v) is 11.5. The Labute approximate surface area is 246 Å². The highest BCUT2D eigenvalue weighted by Crippen LogP contribution is 2.40. The number of aliphatic hydroxyl groups is 1. The van der Waals surface area contributed by atoms with Gasteiger partial charge in [0.05, 0.1) is 13.2 Å². The number of hydrogen-bond acceptors (Lipinski definition) is 7. The van der Waals surface area contributed by atoms with Crippen molar-refractivity contribution in [2.45, 2.75) is 50.0 Å². The van der Waals surface area contributed by atoms with E-state index in [0.717, 1.165) is 17.0 Å². The number of alkyl halides is 1.